The lowest BCUT2D eigenvalue weighted by Gasteiger charge is -2.12. The molecule has 0 aliphatic carbocycles. The minimum absolute atomic E-state index is 0.112. The second kappa shape index (κ2) is 15.9. The Balaban J connectivity index is 0.000000375. The number of ether oxygens (including phenoxy) is 2. The first-order valence-electron chi connectivity index (χ1n) is 13.4. The molecule has 0 amide bonds. The fourth-order valence-electron chi connectivity index (χ4n) is 4.07. The lowest BCUT2D eigenvalue weighted by atomic mass is 10.0. The van der Waals surface area contributed by atoms with Gasteiger partial charge in [0.15, 0.2) is 11.7 Å². The second-order valence-corrected chi connectivity index (χ2v) is 10.5. The Morgan fingerprint density at radius 1 is 0.977 bits per heavy atom. The van der Waals surface area contributed by atoms with E-state index in [-0.39, 0.29) is 17.3 Å². The summed E-state index contributed by atoms with van der Waals surface area (Å²) in [5.41, 5.74) is 12.4. The molecule has 44 heavy (non-hydrogen) atoms. The number of carboxylic acid groups (broad SMARTS) is 2. The summed E-state index contributed by atoms with van der Waals surface area (Å²) >= 11 is 1.67. The zero-order valence-corrected chi connectivity index (χ0v) is 25.0. The van der Waals surface area contributed by atoms with Crippen molar-refractivity contribution in [1.29, 1.82) is 5.41 Å². The van der Waals surface area contributed by atoms with E-state index in [0.717, 1.165) is 21.4 Å². The summed E-state index contributed by atoms with van der Waals surface area (Å²) in [7, 11) is 3.18. The molecule has 0 aliphatic heterocycles. The highest BCUT2D eigenvalue weighted by atomic mass is 32.1. The van der Waals surface area contributed by atoms with Crippen molar-refractivity contribution in [3.8, 4) is 21.9 Å². The predicted octanol–water partition coefficient (Wildman–Crippen LogP) is 4.84. The van der Waals surface area contributed by atoms with E-state index in [2.05, 4.69) is 23.5 Å². The number of rotatable bonds is 12. The maximum absolute atomic E-state index is 12.6. The van der Waals surface area contributed by atoms with Crippen LogP contribution in [0.3, 0.4) is 0 Å². The number of carbonyl (C=O) groups is 3. The van der Waals surface area contributed by atoms with Crippen molar-refractivity contribution >= 4 is 51.2 Å². The first-order chi connectivity index (χ1) is 21.0. The fraction of sp³-hybridized carbons (Fsp3) is 0.188. The molecule has 0 unspecified atom stereocenters. The highest BCUT2D eigenvalue weighted by Crippen LogP contribution is 2.41. The first kappa shape index (κ1) is 33.3. The Hall–Kier alpha value is -5.20. The van der Waals surface area contributed by atoms with Crippen molar-refractivity contribution in [3.05, 3.63) is 89.5 Å². The third kappa shape index (κ3) is 9.15. The van der Waals surface area contributed by atoms with Crippen molar-refractivity contribution in [3.63, 3.8) is 0 Å². The Kier molecular flexibility index (Phi) is 12.0. The van der Waals surface area contributed by atoms with Gasteiger partial charge in [-0.3, -0.25) is 15.0 Å². The van der Waals surface area contributed by atoms with Crippen LogP contribution in [0.5, 0.6) is 11.5 Å². The van der Waals surface area contributed by atoms with Crippen molar-refractivity contribution < 1.29 is 34.1 Å². The molecule has 0 spiro atoms. The van der Waals surface area contributed by atoms with Gasteiger partial charge in [0.1, 0.15) is 17.5 Å². The van der Waals surface area contributed by atoms with Gasteiger partial charge in [0.2, 0.25) is 0 Å². The number of thiophene rings is 1. The molecule has 0 bridgehead atoms. The SMILES string of the molecule is COc1cc(OC)c(-c2cc3ccccc3s2)cc1/C=C/C(=O)c1ccc(C(=O)O)cc1.N=C(N)NCCC[C@H](N)C(=O)O. The van der Waals surface area contributed by atoms with E-state index in [0.29, 0.717) is 36.4 Å². The fourth-order valence-corrected chi connectivity index (χ4v) is 5.15. The molecular weight excluding hydrogens is 584 g/mol. The molecule has 0 saturated carbocycles. The summed E-state index contributed by atoms with van der Waals surface area (Å²) in [6, 6.07) is 19.1. The van der Waals surface area contributed by atoms with Crippen LogP contribution >= 0.6 is 11.3 Å². The number of benzene rings is 3. The number of carboxylic acids is 2. The molecule has 12 heteroatoms. The van der Waals surface area contributed by atoms with Gasteiger partial charge in [0.25, 0.3) is 0 Å². The minimum Gasteiger partial charge on any atom is -0.496 e. The highest BCUT2D eigenvalue weighted by molar-refractivity contribution is 7.22. The molecule has 0 radical (unpaired) electrons. The number of ketones is 1. The van der Waals surface area contributed by atoms with Crippen molar-refractivity contribution in [2.45, 2.75) is 18.9 Å². The lowest BCUT2D eigenvalue weighted by Crippen LogP contribution is -2.34. The topological polar surface area (TPSA) is 198 Å². The monoisotopic (exact) mass is 618 g/mol. The summed E-state index contributed by atoms with van der Waals surface area (Å²) in [6.45, 7) is 0.482. The number of methoxy groups -OCH3 is 2. The van der Waals surface area contributed by atoms with Gasteiger partial charge in [-0.05, 0) is 60.7 Å². The number of guanidine groups is 1. The zero-order chi connectivity index (χ0) is 32.2. The van der Waals surface area contributed by atoms with Crippen LogP contribution in [-0.2, 0) is 4.79 Å². The van der Waals surface area contributed by atoms with E-state index in [1.807, 2.05) is 24.3 Å². The van der Waals surface area contributed by atoms with Crippen LogP contribution in [0.4, 0.5) is 0 Å². The molecule has 1 aromatic heterocycles. The molecule has 3 aromatic carbocycles. The molecule has 11 nitrogen and oxygen atoms in total. The molecule has 0 saturated heterocycles. The maximum atomic E-state index is 12.6. The van der Waals surface area contributed by atoms with Crippen LogP contribution in [0.25, 0.3) is 26.6 Å². The number of allylic oxidation sites excluding steroid dienone is 1. The van der Waals surface area contributed by atoms with Gasteiger partial charge in [0, 0.05) is 38.9 Å². The average Bonchev–Trinajstić information content (AvgIpc) is 3.46. The summed E-state index contributed by atoms with van der Waals surface area (Å²) in [5.74, 6) is -1.12. The predicted molar refractivity (Wildman–Crippen MR) is 172 cm³/mol. The molecule has 0 aliphatic rings. The Labute approximate surface area is 258 Å². The number of aromatic carboxylic acids is 1. The molecule has 0 fully saturated rings. The summed E-state index contributed by atoms with van der Waals surface area (Å²) in [6.07, 6.45) is 4.12. The average molecular weight is 619 g/mol. The van der Waals surface area contributed by atoms with Gasteiger partial charge < -0.3 is 36.5 Å². The largest absolute Gasteiger partial charge is 0.496 e. The van der Waals surface area contributed by atoms with E-state index >= 15 is 0 Å². The number of hydrogen-bond acceptors (Lipinski definition) is 8. The van der Waals surface area contributed by atoms with Crippen LogP contribution in [0, 0.1) is 5.41 Å². The molecule has 4 rings (SSSR count). The molecule has 8 N–H and O–H groups in total. The van der Waals surface area contributed by atoms with Crippen LogP contribution in [0.2, 0.25) is 0 Å². The smallest absolute Gasteiger partial charge is 0.335 e. The van der Waals surface area contributed by atoms with E-state index in [9.17, 15) is 14.4 Å². The number of carbonyl (C=O) groups excluding carboxylic acids is 1. The van der Waals surface area contributed by atoms with Crippen LogP contribution in [-0.4, -0.2) is 60.7 Å². The van der Waals surface area contributed by atoms with E-state index < -0.39 is 18.0 Å². The summed E-state index contributed by atoms with van der Waals surface area (Å²) < 4.78 is 12.3. The second-order valence-electron chi connectivity index (χ2n) is 9.45. The van der Waals surface area contributed by atoms with E-state index in [4.69, 9.17) is 36.6 Å². The molecule has 1 heterocycles. The molecule has 4 aromatic rings. The summed E-state index contributed by atoms with van der Waals surface area (Å²) in [4.78, 5) is 34.9. The van der Waals surface area contributed by atoms with Gasteiger partial charge >= 0.3 is 11.9 Å². The van der Waals surface area contributed by atoms with Gasteiger partial charge in [-0.15, -0.1) is 11.3 Å². The third-order valence-corrected chi connectivity index (χ3v) is 7.55. The summed E-state index contributed by atoms with van der Waals surface area (Å²) in [5, 5.41) is 27.9. The first-order valence-corrected chi connectivity index (χ1v) is 14.2. The van der Waals surface area contributed by atoms with Gasteiger partial charge in [0.05, 0.1) is 19.8 Å². The quantitative estimate of drug-likeness (QED) is 0.0420. The number of nitrogens with one attached hydrogen (secondary N) is 2. The number of nitrogens with two attached hydrogens (primary N) is 2. The zero-order valence-electron chi connectivity index (χ0n) is 24.2. The Morgan fingerprint density at radius 3 is 2.23 bits per heavy atom. The minimum atomic E-state index is -1.03. The highest BCUT2D eigenvalue weighted by Gasteiger charge is 2.15. The Morgan fingerprint density at radius 2 is 1.64 bits per heavy atom. The van der Waals surface area contributed by atoms with Gasteiger partial charge in [-0.25, -0.2) is 4.79 Å². The van der Waals surface area contributed by atoms with Crippen LogP contribution < -0.4 is 26.3 Å². The number of aliphatic carboxylic acids is 1. The normalized spacial score (nSPS) is 11.3. The van der Waals surface area contributed by atoms with E-state index in [1.54, 1.807) is 31.6 Å². The van der Waals surface area contributed by atoms with Gasteiger partial charge in [-0.2, -0.15) is 0 Å². The van der Waals surface area contributed by atoms with Crippen molar-refractivity contribution in [2.24, 2.45) is 11.5 Å². The Bertz CT molecular complexity index is 1630. The molecule has 1 atom stereocenters. The number of fused-ring (bicyclic) bond motifs is 1. The van der Waals surface area contributed by atoms with Crippen molar-refractivity contribution in [2.75, 3.05) is 20.8 Å². The van der Waals surface area contributed by atoms with E-state index in [1.165, 1.54) is 35.0 Å². The maximum Gasteiger partial charge on any atom is 0.335 e. The molecular formula is C32H34N4O7S. The van der Waals surface area contributed by atoms with Crippen molar-refractivity contribution in [1.82, 2.24) is 5.32 Å². The number of hydrogen-bond donors (Lipinski definition) is 6. The van der Waals surface area contributed by atoms with Crippen LogP contribution in [0.15, 0.2) is 72.8 Å². The molecule has 230 valence electrons. The van der Waals surface area contributed by atoms with Crippen LogP contribution in [0.1, 0.15) is 39.1 Å². The standard InChI is InChI=1S/C26H20O5S.C6H14N4O2/c1-30-22-15-23(31-2)20(25-14-19-5-3-4-6-24(19)32-25)13-18(22)11-12-21(27)16-7-9-17(10-8-16)26(28)29;7-4(5(11)12)2-1-3-10-6(8)9/h3-15H,1-2H3,(H,28,29);4H,1-3,7H2,(H,11,12)(H4,8,9,10)/b12-11+;/t;4-/m.0/s1. The third-order valence-electron chi connectivity index (χ3n) is 6.40. The van der Waals surface area contributed by atoms with Gasteiger partial charge in [-0.1, -0.05) is 30.3 Å². The lowest BCUT2D eigenvalue weighted by molar-refractivity contribution is -0.138.